The maximum atomic E-state index is 14.0. The predicted molar refractivity (Wildman–Crippen MR) is 95.2 cm³/mol. The van der Waals surface area contributed by atoms with Gasteiger partial charge in [-0.3, -0.25) is 4.79 Å². The van der Waals surface area contributed by atoms with Crippen LogP contribution in [0.3, 0.4) is 0 Å². The second-order valence-electron chi connectivity index (χ2n) is 6.09. The third-order valence-corrected chi connectivity index (χ3v) is 4.34. The van der Waals surface area contributed by atoms with Crippen molar-refractivity contribution in [1.82, 2.24) is 14.7 Å². The van der Waals surface area contributed by atoms with Gasteiger partial charge in [-0.25, -0.2) is 9.07 Å². The summed E-state index contributed by atoms with van der Waals surface area (Å²) in [5, 5.41) is 4.20. The van der Waals surface area contributed by atoms with Gasteiger partial charge in [-0.2, -0.15) is 5.10 Å². The second-order valence-corrected chi connectivity index (χ2v) is 6.09. The van der Waals surface area contributed by atoms with Crippen LogP contribution in [0, 0.1) is 19.7 Å². The minimum atomic E-state index is -0.374. The number of nitrogens with zero attached hydrogens (tertiary/aromatic N) is 3. The summed E-state index contributed by atoms with van der Waals surface area (Å²) in [6.07, 6.45) is 1.50. The summed E-state index contributed by atoms with van der Waals surface area (Å²) >= 11 is 0. The van der Waals surface area contributed by atoms with Gasteiger partial charge < -0.3 is 4.90 Å². The third kappa shape index (κ3) is 3.31. The lowest BCUT2D eigenvalue weighted by Crippen LogP contribution is -2.27. The number of carbonyl (C=O) groups excluding carboxylic acids is 1. The number of benzene rings is 2. The van der Waals surface area contributed by atoms with Crippen LogP contribution in [-0.2, 0) is 6.54 Å². The molecule has 0 atom stereocenters. The fraction of sp³-hybridized carbons (Fsp3) is 0.200. The van der Waals surface area contributed by atoms with Gasteiger partial charge in [-0.15, -0.1) is 0 Å². The average Bonchev–Trinajstić information content (AvgIpc) is 2.98. The number of amides is 1. The molecule has 0 aliphatic carbocycles. The molecule has 0 fully saturated rings. The summed E-state index contributed by atoms with van der Waals surface area (Å²) in [7, 11) is 1.76. The average molecular weight is 337 g/mol. The Hall–Kier alpha value is -2.95. The normalized spacial score (nSPS) is 10.7. The van der Waals surface area contributed by atoms with Crippen molar-refractivity contribution in [1.29, 1.82) is 0 Å². The monoisotopic (exact) mass is 337 g/mol. The molecular weight excluding hydrogens is 317 g/mol. The Labute approximate surface area is 146 Å². The van der Waals surface area contributed by atoms with Crippen LogP contribution in [-0.4, -0.2) is 27.6 Å². The smallest absolute Gasteiger partial charge is 0.257 e. The highest BCUT2D eigenvalue weighted by molar-refractivity contribution is 5.95. The molecule has 0 N–H and O–H groups in total. The van der Waals surface area contributed by atoms with E-state index in [1.165, 1.54) is 16.9 Å². The molecule has 25 heavy (non-hydrogen) atoms. The number of hydrogen-bond donors (Lipinski definition) is 0. The molecule has 0 aliphatic rings. The lowest BCUT2D eigenvalue weighted by molar-refractivity contribution is 0.0784. The van der Waals surface area contributed by atoms with E-state index in [4.69, 9.17) is 0 Å². The van der Waals surface area contributed by atoms with E-state index in [0.717, 1.165) is 11.1 Å². The number of aryl methyl sites for hydroxylation is 1. The van der Waals surface area contributed by atoms with Crippen molar-refractivity contribution in [3.63, 3.8) is 0 Å². The van der Waals surface area contributed by atoms with E-state index in [1.54, 1.807) is 37.1 Å². The molecule has 128 valence electrons. The minimum absolute atomic E-state index is 0.136. The second kappa shape index (κ2) is 6.89. The Morgan fingerprint density at radius 3 is 2.52 bits per heavy atom. The lowest BCUT2D eigenvalue weighted by Gasteiger charge is -2.18. The molecule has 0 aliphatic heterocycles. The van der Waals surface area contributed by atoms with Gasteiger partial charge in [0.2, 0.25) is 0 Å². The van der Waals surface area contributed by atoms with Crippen molar-refractivity contribution >= 4 is 5.91 Å². The minimum Gasteiger partial charge on any atom is -0.337 e. The van der Waals surface area contributed by atoms with Gasteiger partial charge in [0.25, 0.3) is 5.91 Å². The summed E-state index contributed by atoms with van der Waals surface area (Å²) in [6, 6.07) is 14.4. The molecule has 1 heterocycles. The van der Waals surface area contributed by atoms with E-state index < -0.39 is 0 Å². The number of hydrogen-bond acceptors (Lipinski definition) is 2. The molecule has 0 radical (unpaired) electrons. The van der Waals surface area contributed by atoms with Gasteiger partial charge in [0, 0.05) is 13.6 Å². The fourth-order valence-corrected chi connectivity index (χ4v) is 2.81. The largest absolute Gasteiger partial charge is 0.337 e. The summed E-state index contributed by atoms with van der Waals surface area (Å²) in [6.45, 7) is 4.30. The zero-order valence-corrected chi connectivity index (χ0v) is 14.5. The maximum Gasteiger partial charge on any atom is 0.257 e. The van der Waals surface area contributed by atoms with E-state index in [0.29, 0.717) is 23.5 Å². The fourth-order valence-electron chi connectivity index (χ4n) is 2.81. The molecule has 3 rings (SSSR count). The molecule has 1 amide bonds. The van der Waals surface area contributed by atoms with E-state index in [2.05, 4.69) is 5.10 Å². The Morgan fingerprint density at radius 1 is 1.12 bits per heavy atom. The van der Waals surface area contributed by atoms with Gasteiger partial charge in [0.1, 0.15) is 11.5 Å². The van der Waals surface area contributed by atoms with Crippen LogP contribution in [0.15, 0.2) is 54.7 Å². The number of aromatic nitrogens is 2. The zero-order chi connectivity index (χ0) is 18.0. The van der Waals surface area contributed by atoms with Crippen LogP contribution >= 0.6 is 0 Å². The van der Waals surface area contributed by atoms with Crippen molar-refractivity contribution in [2.75, 3.05) is 7.05 Å². The Morgan fingerprint density at radius 2 is 1.80 bits per heavy atom. The molecule has 3 aromatic rings. The van der Waals surface area contributed by atoms with Crippen LogP contribution in [0.25, 0.3) is 5.69 Å². The van der Waals surface area contributed by atoms with Crippen molar-refractivity contribution in [2.45, 2.75) is 20.4 Å². The van der Waals surface area contributed by atoms with Gasteiger partial charge in [0.05, 0.1) is 17.5 Å². The van der Waals surface area contributed by atoms with Gasteiger partial charge in [-0.1, -0.05) is 36.4 Å². The summed E-state index contributed by atoms with van der Waals surface area (Å²) in [5.74, 6) is -0.510. The standard InChI is InChI=1S/C20H20FN3O/c1-14-8-4-5-9-16(14)13-23(3)20(25)17-12-22-24(15(17)2)19-11-7-6-10-18(19)21/h4-12H,13H2,1-3H3. The predicted octanol–water partition coefficient (Wildman–Crippen LogP) is 3.90. The Bertz CT molecular complexity index is 917. The summed E-state index contributed by atoms with van der Waals surface area (Å²) in [5.41, 5.74) is 3.66. The first kappa shape index (κ1) is 16.9. The number of rotatable bonds is 4. The quantitative estimate of drug-likeness (QED) is 0.724. The molecule has 1 aromatic heterocycles. The summed E-state index contributed by atoms with van der Waals surface area (Å²) in [4.78, 5) is 14.4. The first-order valence-corrected chi connectivity index (χ1v) is 8.08. The Kier molecular flexibility index (Phi) is 4.65. The third-order valence-electron chi connectivity index (χ3n) is 4.34. The van der Waals surface area contributed by atoms with E-state index in [-0.39, 0.29) is 11.7 Å². The lowest BCUT2D eigenvalue weighted by atomic mass is 10.1. The SMILES string of the molecule is Cc1ccccc1CN(C)C(=O)c1cnn(-c2ccccc2F)c1C. The highest BCUT2D eigenvalue weighted by Gasteiger charge is 2.20. The molecule has 0 spiro atoms. The van der Waals surface area contributed by atoms with Crippen molar-refractivity contribution in [3.8, 4) is 5.69 Å². The molecule has 0 saturated carbocycles. The molecular formula is C20H20FN3O. The molecule has 4 nitrogen and oxygen atoms in total. The van der Waals surface area contributed by atoms with Crippen LogP contribution in [0.1, 0.15) is 27.2 Å². The van der Waals surface area contributed by atoms with Crippen molar-refractivity contribution in [2.24, 2.45) is 0 Å². The molecule has 2 aromatic carbocycles. The first-order chi connectivity index (χ1) is 12.0. The van der Waals surface area contributed by atoms with Gasteiger partial charge >= 0.3 is 0 Å². The van der Waals surface area contributed by atoms with E-state index >= 15 is 0 Å². The summed E-state index contributed by atoms with van der Waals surface area (Å²) < 4.78 is 15.5. The van der Waals surface area contributed by atoms with E-state index in [9.17, 15) is 9.18 Å². The molecule has 0 saturated heterocycles. The first-order valence-electron chi connectivity index (χ1n) is 8.08. The Balaban J connectivity index is 1.86. The van der Waals surface area contributed by atoms with E-state index in [1.807, 2.05) is 31.2 Å². The molecule has 5 heteroatoms. The topological polar surface area (TPSA) is 38.1 Å². The number of para-hydroxylation sites is 1. The highest BCUT2D eigenvalue weighted by Crippen LogP contribution is 2.19. The van der Waals surface area contributed by atoms with Crippen LogP contribution in [0.5, 0.6) is 0 Å². The molecule has 0 unspecified atom stereocenters. The molecule has 0 bridgehead atoms. The maximum absolute atomic E-state index is 14.0. The van der Waals surface area contributed by atoms with Crippen molar-refractivity contribution in [3.05, 3.63) is 82.9 Å². The van der Waals surface area contributed by atoms with Crippen LogP contribution < -0.4 is 0 Å². The number of halogens is 1. The van der Waals surface area contributed by atoms with Crippen molar-refractivity contribution < 1.29 is 9.18 Å². The van der Waals surface area contributed by atoms with Gasteiger partial charge in [0.15, 0.2) is 0 Å². The van der Waals surface area contributed by atoms with Crippen LogP contribution in [0.2, 0.25) is 0 Å². The van der Waals surface area contributed by atoms with Crippen LogP contribution in [0.4, 0.5) is 4.39 Å². The highest BCUT2D eigenvalue weighted by atomic mass is 19.1. The zero-order valence-electron chi connectivity index (χ0n) is 14.5. The number of carbonyl (C=O) groups is 1. The van der Waals surface area contributed by atoms with Gasteiger partial charge in [-0.05, 0) is 37.1 Å².